The number of fused-ring (bicyclic) bond motifs is 3. The van der Waals surface area contributed by atoms with Crippen molar-refractivity contribution in [1.82, 2.24) is 9.88 Å². The van der Waals surface area contributed by atoms with Crippen molar-refractivity contribution >= 4 is 17.5 Å². The van der Waals surface area contributed by atoms with Crippen LogP contribution in [0.5, 0.6) is 0 Å². The minimum atomic E-state index is -0.252. The normalized spacial score (nSPS) is 25.5. The van der Waals surface area contributed by atoms with Gasteiger partial charge in [-0.25, -0.2) is 0 Å². The maximum atomic E-state index is 13.1. The van der Waals surface area contributed by atoms with Crippen LogP contribution in [0.4, 0.5) is 5.69 Å². The zero-order chi connectivity index (χ0) is 20.0. The van der Waals surface area contributed by atoms with Crippen molar-refractivity contribution in [3.63, 3.8) is 0 Å². The predicted molar refractivity (Wildman–Crippen MR) is 108 cm³/mol. The van der Waals surface area contributed by atoms with E-state index >= 15 is 0 Å². The van der Waals surface area contributed by atoms with Crippen molar-refractivity contribution < 1.29 is 14.7 Å². The summed E-state index contributed by atoms with van der Waals surface area (Å²) in [4.78, 5) is 34.1. The molecule has 29 heavy (non-hydrogen) atoms. The zero-order valence-corrected chi connectivity index (χ0v) is 16.3. The summed E-state index contributed by atoms with van der Waals surface area (Å²) in [5.74, 6) is 0.298. The number of para-hydroxylation sites is 1. The Bertz CT molecular complexity index is 928. The first-order valence-electron chi connectivity index (χ1n) is 10.4. The third-order valence-electron chi connectivity index (χ3n) is 6.75. The van der Waals surface area contributed by atoms with Gasteiger partial charge in [0.25, 0.3) is 0 Å². The van der Waals surface area contributed by atoms with E-state index in [2.05, 4.69) is 4.98 Å². The van der Waals surface area contributed by atoms with Crippen molar-refractivity contribution in [1.29, 1.82) is 0 Å². The van der Waals surface area contributed by atoms with Gasteiger partial charge in [0.15, 0.2) is 0 Å². The first-order chi connectivity index (χ1) is 14.2. The first-order valence-corrected chi connectivity index (χ1v) is 10.4. The van der Waals surface area contributed by atoms with Gasteiger partial charge in [-0.05, 0) is 36.6 Å². The van der Waals surface area contributed by atoms with E-state index in [9.17, 15) is 14.7 Å². The molecule has 1 aromatic heterocycles. The second kappa shape index (κ2) is 7.26. The van der Waals surface area contributed by atoms with Gasteiger partial charge in [0.2, 0.25) is 11.8 Å². The van der Waals surface area contributed by atoms with Crippen LogP contribution in [-0.2, 0) is 16.0 Å². The van der Waals surface area contributed by atoms with Gasteiger partial charge in [0.1, 0.15) is 0 Å². The van der Waals surface area contributed by atoms with Gasteiger partial charge in [0, 0.05) is 36.0 Å². The summed E-state index contributed by atoms with van der Waals surface area (Å²) in [6.07, 6.45) is 4.90. The number of amides is 2. The van der Waals surface area contributed by atoms with Gasteiger partial charge in [-0.3, -0.25) is 14.6 Å². The fourth-order valence-corrected chi connectivity index (χ4v) is 5.07. The van der Waals surface area contributed by atoms with E-state index in [1.165, 1.54) is 0 Å². The molecule has 2 aromatic rings. The molecular weight excluding hydrogens is 366 g/mol. The molecule has 6 nitrogen and oxygen atoms in total. The Balaban J connectivity index is 1.44. The average Bonchev–Trinajstić information content (AvgIpc) is 2.67. The molecule has 3 atom stereocenters. The van der Waals surface area contributed by atoms with Crippen LogP contribution in [0.3, 0.4) is 0 Å². The molecule has 150 valence electrons. The number of aromatic nitrogens is 1. The molecule has 6 heteroatoms. The number of anilines is 1. The highest BCUT2D eigenvalue weighted by atomic mass is 16.3. The molecule has 1 aliphatic carbocycles. The number of rotatable bonds is 4. The van der Waals surface area contributed by atoms with E-state index in [1.54, 1.807) is 11.1 Å². The van der Waals surface area contributed by atoms with Crippen LogP contribution in [0.2, 0.25) is 0 Å². The Labute approximate surface area is 170 Å². The van der Waals surface area contributed by atoms with Crippen LogP contribution < -0.4 is 4.90 Å². The number of carbonyl (C=O) groups is 2. The van der Waals surface area contributed by atoms with Crippen molar-refractivity contribution in [2.24, 2.45) is 5.92 Å². The van der Waals surface area contributed by atoms with Crippen LogP contribution >= 0.6 is 0 Å². The molecule has 1 N–H and O–H groups in total. The van der Waals surface area contributed by atoms with Crippen LogP contribution in [0.25, 0.3) is 0 Å². The summed E-state index contributed by atoms with van der Waals surface area (Å²) >= 11 is 0. The van der Waals surface area contributed by atoms with Gasteiger partial charge in [-0.15, -0.1) is 0 Å². The van der Waals surface area contributed by atoms with Gasteiger partial charge in [0.05, 0.1) is 25.1 Å². The van der Waals surface area contributed by atoms with Crippen molar-refractivity contribution in [3.05, 3.63) is 59.9 Å². The monoisotopic (exact) mass is 391 g/mol. The Hall–Kier alpha value is -2.73. The fourth-order valence-electron chi connectivity index (χ4n) is 5.07. The first kappa shape index (κ1) is 18.3. The third kappa shape index (κ3) is 2.94. The molecular formula is C23H25N3O3. The average molecular weight is 391 g/mol. The van der Waals surface area contributed by atoms with Crippen LogP contribution in [0, 0.1) is 5.92 Å². The number of hydrogen-bond donors (Lipinski definition) is 1. The molecule has 0 unspecified atom stereocenters. The van der Waals surface area contributed by atoms with Gasteiger partial charge in [-0.2, -0.15) is 0 Å². The Morgan fingerprint density at radius 1 is 1.10 bits per heavy atom. The molecule has 3 aliphatic rings. The minimum Gasteiger partial charge on any atom is -0.394 e. The van der Waals surface area contributed by atoms with E-state index in [-0.39, 0.29) is 48.8 Å². The summed E-state index contributed by atoms with van der Waals surface area (Å²) in [6, 6.07) is 13.1. The highest BCUT2D eigenvalue weighted by molar-refractivity contribution is 5.97. The van der Waals surface area contributed by atoms with Crippen molar-refractivity contribution in [2.75, 3.05) is 18.1 Å². The van der Waals surface area contributed by atoms with Crippen molar-refractivity contribution in [2.45, 2.75) is 43.7 Å². The van der Waals surface area contributed by atoms with E-state index in [4.69, 9.17) is 0 Å². The second-order valence-electron chi connectivity index (χ2n) is 8.28. The molecule has 2 fully saturated rings. The molecule has 1 aromatic carbocycles. The van der Waals surface area contributed by atoms with Gasteiger partial charge < -0.3 is 14.9 Å². The minimum absolute atomic E-state index is 0.0422. The number of benzene rings is 1. The van der Waals surface area contributed by atoms with Crippen LogP contribution in [-0.4, -0.2) is 52.0 Å². The Morgan fingerprint density at radius 2 is 1.90 bits per heavy atom. The van der Waals surface area contributed by atoms with E-state index in [0.29, 0.717) is 6.54 Å². The Morgan fingerprint density at radius 3 is 2.59 bits per heavy atom. The number of carbonyl (C=O) groups excluding carboxylic acids is 2. The number of nitrogens with zero attached hydrogens (tertiary/aromatic N) is 3. The standard InChI is InChI=1S/C23H25N3O3/c27-14-20-22-17-9-1-2-10-18(17)25(23(29)15-6-5-7-15)13-19(22)26(20)21(28)12-16-8-3-4-11-24-16/h1-4,8-11,15,19-20,22,27H,5-7,12-14H2/t19-,20+,22+/m0/s1. The maximum absolute atomic E-state index is 13.1. The number of likely N-dealkylation sites (tertiary alicyclic amines) is 1. The largest absolute Gasteiger partial charge is 0.394 e. The summed E-state index contributed by atoms with van der Waals surface area (Å²) < 4.78 is 0. The summed E-state index contributed by atoms with van der Waals surface area (Å²) in [5.41, 5.74) is 2.73. The number of aliphatic hydroxyl groups is 1. The van der Waals surface area contributed by atoms with Crippen molar-refractivity contribution in [3.8, 4) is 0 Å². The molecule has 5 rings (SSSR count). The van der Waals surface area contributed by atoms with Gasteiger partial charge in [-0.1, -0.05) is 30.7 Å². The molecule has 2 aliphatic heterocycles. The smallest absolute Gasteiger partial charge is 0.230 e. The lowest BCUT2D eigenvalue weighted by Gasteiger charge is -2.59. The number of aliphatic hydroxyl groups excluding tert-OH is 1. The van der Waals surface area contributed by atoms with Crippen LogP contribution in [0.1, 0.15) is 36.4 Å². The van der Waals surface area contributed by atoms with E-state index in [1.807, 2.05) is 47.4 Å². The van der Waals surface area contributed by atoms with Gasteiger partial charge >= 0.3 is 0 Å². The lowest BCUT2D eigenvalue weighted by Crippen LogP contribution is -2.71. The molecule has 2 amide bonds. The molecule has 1 saturated heterocycles. The third-order valence-corrected chi connectivity index (χ3v) is 6.75. The lowest BCUT2D eigenvalue weighted by molar-refractivity contribution is -0.150. The topological polar surface area (TPSA) is 73.7 Å². The van der Waals surface area contributed by atoms with Crippen LogP contribution in [0.15, 0.2) is 48.7 Å². The number of hydrogen-bond acceptors (Lipinski definition) is 4. The second-order valence-corrected chi connectivity index (χ2v) is 8.28. The fraction of sp³-hybridized carbons (Fsp3) is 0.435. The molecule has 0 radical (unpaired) electrons. The molecule has 1 saturated carbocycles. The summed E-state index contributed by atoms with van der Waals surface area (Å²) in [7, 11) is 0. The maximum Gasteiger partial charge on any atom is 0.230 e. The highest BCUT2D eigenvalue weighted by Gasteiger charge is 2.55. The lowest BCUT2D eigenvalue weighted by atomic mass is 9.71. The zero-order valence-electron chi connectivity index (χ0n) is 16.3. The highest BCUT2D eigenvalue weighted by Crippen LogP contribution is 2.49. The molecule has 0 bridgehead atoms. The Kier molecular flexibility index (Phi) is 4.59. The quantitative estimate of drug-likeness (QED) is 0.867. The molecule has 3 heterocycles. The predicted octanol–water partition coefficient (Wildman–Crippen LogP) is 2.13. The SMILES string of the molecule is O=C(C1CCC1)N1C[C@H]2[C@@H](c3ccccc31)[C@@H](CO)N2C(=O)Cc1ccccn1. The van der Waals surface area contributed by atoms with E-state index in [0.717, 1.165) is 36.2 Å². The van der Waals surface area contributed by atoms with E-state index < -0.39 is 0 Å². The summed E-state index contributed by atoms with van der Waals surface area (Å²) in [5, 5.41) is 10.1. The number of pyridine rings is 1. The molecule has 0 spiro atoms. The summed E-state index contributed by atoms with van der Waals surface area (Å²) in [6.45, 7) is 0.418.